The minimum atomic E-state index is -0.413. The van der Waals surface area contributed by atoms with Crippen molar-refractivity contribution >= 4 is 23.6 Å². The van der Waals surface area contributed by atoms with Crippen molar-refractivity contribution in [2.24, 2.45) is 5.92 Å². The van der Waals surface area contributed by atoms with E-state index in [0.717, 1.165) is 24.8 Å². The van der Waals surface area contributed by atoms with Crippen LogP contribution in [-0.4, -0.2) is 35.1 Å². The average molecular weight is 370 g/mol. The highest BCUT2D eigenvalue weighted by Gasteiger charge is 2.46. The summed E-state index contributed by atoms with van der Waals surface area (Å²) in [6, 6.07) is 11.5. The lowest BCUT2D eigenvalue weighted by Gasteiger charge is -2.28. The molecule has 0 radical (unpaired) electrons. The lowest BCUT2D eigenvalue weighted by molar-refractivity contribution is -0.140. The molecule has 1 aromatic heterocycles. The van der Waals surface area contributed by atoms with Gasteiger partial charge in [0.25, 0.3) is 0 Å². The monoisotopic (exact) mass is 370 g/mol. The number of furan rings is 1. The van der Waals surface area contributed by atoms with Crippen molar-refractivity contribution in [2.75, 3.05) is 12.3 Å². The molecule has 2 heterocycles. The summed E-state index contributed by atoms with van der Waals surface area (Å²) in [6.45, 7) is 0.575. The molecule has 2 aromatic rings. The van der Waals surface area contributed by atoms with Crippen molar-refractivity contribution in [1.82, 2.24) is 10.2 Å². The highest BCUT2D eigenvalue weighted by Crippen LogP contribution is 2.45. The molecular formula is C20H22N2O3S. The summed E-state index contributed by atoms with van der Waals surface area (Å²) in [6.07, 6.45) is 5.93. The van der Waals surface area contributed by atoms with E-state index in [4.69, 9.17) is 4.42 Å². The van der Waals surface area contributed by atoms with Crippen LogP contribution in [0.3, 0.4) is 0 Å². The lowest BCUT2D eigenvalue weighted by Crippen LogP contribution is -2.48. The second kappa shape index (κ2) is 7.58. The number of benzene rings is 1. The Bertz CT molecular complexity index is 759. The number of amides is 2. The van der Waals surface area contributed by atoms with E-state index in [1.807, 2.05) is 24.3 Å². The van der Waals surface area contributed by atoms with Gasteiger partial charge in [0.1, 0.15) is 11.4 Å². The van der Waals surface area contributed by atoms with Gasteiger partial charge >= 0.3 is 0 Å². The average Bonchev–Trinajstić information content (AvgIpc) is 3.19. The van der Waals surface area contributed by atoms with Crippen LogP contribution in [0.15, 0.2) is 53.3 Å². The summed E-state index contributed by atoms with van der Waals surface area (Å²) in [5.41, 5.74) is 2.14. The van der Waals surface area contributed by atoms with Crippen LogP contribution < -0.4 is 5.32 Å². The number of thioether (sulfide) groups is 1. The number of nitrogens with one attached hydrogen (secondary N) is 1. The maximum Gasteiger partial charge on any atom is 0.243 e. The Labute approximate surface area is 157 Å². The van der Waals surface area contributed by atoms with Gasteiger partial charge in [-0.2, -0.15) is 0 Å². The fourth-order valence-corrected chi connectivity index (χ4v) is 4.70. The third-order valence-electron chi connectivity index (χ3n) is 4.87. The van der Waals surface area contributed by atoms with Crippen LogP contribution in [0.1, 0.15) is 29.3 Å². The molecule has 26 heavy (non-hydrogen) atoms. The van der Waals surface area contributed by atoms with E-state index in [1.165, 1.54) is 5.56 Å². The Morgan fingerprint density at radius 3 is 2.69 bits per heavy atom. The quantitative estimate of drug-likeness (QED) is 0.849. The number of carbonyl (C=O) groups excluding carboxylic acids is 2. The van der Waals surface area contributed by atoms with Crippen LogP contribution in [0.2, 0.25) is 0 Å². The van der Waals surface area contributed by atoms with E-state index in [0.29, 0.717) is 12.3 Å². The minimum absolute atomic E-state index is 0.0616. The van der Waals surface area contributed by atoms with Crippen molar-refractivity contribution in [2.45, 2.75) is 30.7 Å². The van der Waals surface area contributed by atoms with Gasteiger partial charge in [0.05, 0.1) is 12.5 Å². The number of nitrogens with zero attached hydrogens (tertiary/aromatic N) is 1. The van der Waals surface area contributed by atoms with Gasteiger partial charge in [-0.25, -0.2) is 0 Å². The zero-order valence-electron chi connectivity index (χ0n) is 14.5. The molecule has 1 saturated heterocycles. The number of carbonyl (C=O) groups is 2. The summed E-state index contributed by atoms with van der Waals surface area (Å²) in [5.74, 6) is 0.742. The lowest BCUT2D eigenvalue weighted by atomic mass is 10.1. The van der Waals surface area contributed by atoms with Crippen LogP contribution in [0, 0.1) is 5.92 Å². The largest absolute Gasteiger partial charge is 0.472 e. The van der Waals surface area contributed by atoms with Crippen LogP contribution in [-0.2, 0) is 16.0 Å². The Morgan fingerprint density at radius 2 is 2.00 bits per heavy atom. The summed E-state index contributed by atoms with van der Waals surface area (Å²) in [4.78, 5) is 27.4. The maximum absolute atomic E-state index is 12.8. The van der Waals surface area contributed by atoms with Crippen molar-refractivity contribution in [3.8, 4) is 0 Å². The first kappa shape index (κ1) is 17.2. The van der Waals surface area contributed by atoms with Gasteiger partial charge < -0.3 is 14.6 Å². The maximum atomic E-state index is 12.8. The number of hydrogen-bond donors (Lipinski definition) is 1. The van der Waals surface area contributed by atoms with Gasteiger partial charge in [-0.1, -0.05) is 30.3 Å². The molecule has 0 spiro atoms. The standard InChI is InChI=1S/C20H22N2O3S/c23-18(21-10-8-14-4-2-1-3-5-14)17-13-26-20(16-9-11-25-12-16)22(17)19(24)15-6-7-15/h1-5,9,11-12,15,17,20H,6-8,10,13H2,(H,21,23). The van der Waals surface area contributed by atoms with Gasteiger partial charge in [0.15, 0.2) is 0 Å². The number of hydrogen-bond acceptors (Lipinski definition) is 4. The van der Waals surface area contributed by atoms with Crippen molar-refractivity contribution in [3.05, 3.63) is 60.1 Å². The van der Waals surface area contributed by atoms with Crippen molar-refractivity contribution in [1.29, 1.82) is 0 Å². The smallest absolute Gasteiger partial charge is 0.243 e. The van der Waals surface area contributed by atoms with Gasteiger partial charge in [-0.3, -0.25) is 9.59 Å². The van der Waals surface area contributed by atoms with Gasteiger partial charge in [0, 0.05) is 23.8 Å². The third-order valence-corrected chi connectivity index (χ3v) is 6.19. The topological polar surface area (TPSA) is 62.6 Å². The van der Waals surface area contributed by atoms with Gasteiger partial charge in [-0.15, -0.1) is 11.8 Å². The molecule has 2 aliphatic rings. The van der Waals surface area contributed by atoms with Crippen molar-refractivity contribution < 1.29 is 14.0 Å². The molecule has 1 aliphatic carbocycles. The van der Waals surface area contributed by atoms with Crippen LogP contribution in [0.4, 0.5) is 0 Å². The van der Waals surface area contributed by atoms with E-state index in [9.17, 15) is 9.59 Å². The van der Waals surface area contributed by atoms with Crippen LogP contribution in [0.25, 0.3) is 0 Å². The highest BCUT2D eigenvalue weighted by molar-refractivity contribution is 7.99. The molecule has 6 heteroatoms. The SMILES string of the molecule is O=C(NCCc1ccccc1)C1CSC(c2ccoc2)N1C(=O)C1CC1. The second-order valence-electron chi connectivity index (χ2n) is 6.80. The molecule has 0 bridgehead atoms. The van der Waals surface area contributed by atoms with E-state index in [1.54, 1.807) is 29.2 Å². The molecule has 2 fully saturated rings. The first-order chi connectivity index (χ1) is 12.7. The molecule has 136 valence electrons. The first-order valence-electron chi connectivity index (χ1n) is 9.01. The predicted molar refractivity (Wildman–Crippen MR) is 100 cm³/mol. The molecule has 5 nitrogen and oxygen atoms in total. The first-order valence-corrected chi connectivity index (χ1v) is 10.1. The second-order valence-corrected chi connectivity index (χ2v) is 7.92. The molecule has 1 N–H and O–H groups in total. The molecule has 2 amide bonds. The fraction of sp³-hybridized carbons (Fsp3) is 0.400. The predicted octanol–water partition coefficient (Wildman–Crippen LogP) is 2.99. The molecule has 1 aromatic carbocycles. The molecule has 1 aliphatic heterocycles. The third kappa shape index (κ3) is 3.65. The normalized spacial score (nSPS) is 22.4. The Kier molecular flexibility index (Phi) is 5.02. The summed E-state index contributed by atoms with van der Waals surface area (Å²) < 4.78 is 5.19. The van der Waals surface area contributed by atoms with Crippen LogP contribution >= 0.6 is 11.8 Å². The molecular weight excluding hydrogens is 348 g/mol. The zero-order valence-corrected chi connectivity index (χ0v) is 15.3. The summed E-state index contributed by atoms with van der Waals surface area (Å²) in [5, 5.41) is 2.88. The molecule has 2 unspecified atom stereocenters. The van der Waals surface area contributed by atoms with E-state index < -0.39 is 6.04 Å². The van der Waals surface area contributed by atoms with E-state index in [-0.39, 0.29) is 23.1 Å². The van der Waals surface area contributed by atoms with Crippen molar-refractivity contribution in [3.63, 3.8) is 0 Å². The molecule has 2 atom stereocenters. The Hall–Kier alpha value is -2.21. The highest BCUT2D eigenvalue weighted by atomic mass is 32.2. The van der Waals surface area contributed by atoms with Gasteiger partial charge in [-0.05, 0) is 30.9 Å². The fourth-order valence-electron chi connectivity index (χ4n) is 3.28. The van der Waals surface area contributed by atoms with E-state index in [2.05, 4.69) is 17.4 Å². The summed E-state index contributed by atoms with van der Waals surface area (Å²) >= 11 is 1.63. The molecule has 4 rings (SSSR count). The summed E-state index contributed by atoms with van der Waals surface area (Å²) in [7, 11) is 0. The number of rotatable bonds is 6. The Balaban J connectivity index is 1.42. The zero-order chi connectivity index (χ0) is 17.9. The Morgan fingerprint density at radius 1 is 1.19 bits per heavy atom. The molecule has 1 saturated carbocycles. The van der Waals surface area contributed by atoms with Crippen LogP contribution in [0.5, 0.6) is 0 Å². The van der Waals surface area contributed by atoms with Gasteiger partial charge in [0.2, 0.25) is 11.8 Å². The minimum Gasteiger partial charge on any atom is -0.472 e. The van der Waals surface area contributed by atoms with E-state index >= 15 is 0 Å².